The van der Waals surface area contributed by atoms with E-state index in [9.17, 15) is 0 Å². The maximum absolute atomic E-state index is 5.92. The summed E-state index contributed by atoms with van der Waals surface area (Å²) in [6.45, 7) is 9.35. The van der Waals surface area contributed by atoms with Gasteiger partial charge in [0, 0.05) is 30.9 Å². The van der Waals surface area contributed by atoms with E-state index in [0.717, 1.165) is 30.5 Å². The number of pyridine rings is 1. The number of hydrogen-bond acceptors (Lipinski definition) is 3. The third kappa shape index (κ3) is 3.27. The molecular formula is C16H27N3. The third-order valence-corrected chi connectivity index (χ3v) is 4.27. The molecule has 2 N–H and O–H groups in total. The van der Waals surface area contributed by atoms with Gasteiger partial charge < -0.3 is 10.6 Å². The van der Waals surface area contributed by atoms with Gasteiger partial charge in [-0.3, -0.25) is 0 Å². The summed E-state index contributed by atoms with van der Waals surface area (Å²) in [5.41, 5.74) is 9.51. The Balaban J connectivity index is 2.15. The highest BCUT2D eigenvalue weighted by Crippen LogP contribution is 2.28. The summed E-state index contributed by atoms with van der Waals surface area (Å²) in [6.07, 6.45) is 5.28. The van der Waals surface area contributed by atoms with Crippen molar-refractivity contribution in [2.75, 3.05) is 18.0 Å². The number of hydrogen-bond donors (Lipinski definition) is 1. The summed E-state index contributed by atoms with van der Waals surface area (Å²) in [5, 5.41) is 0. The Bertz CT molecular complexity index is 420. The van der Waals surface area contributed by atoms with Crippen LogP contribution in [0.4, 0.5) is 5.82 Å². The first-order valence-electron chi connectivity index (χ1n) is 7.57. The van der Waals surface area contributed by atoms with Gasteiger partial charge in [0.15, 0.2) is 0 Å². The molecule has 106 valence electrons. The van der Waals surface area contributed by atoms with Gasteiger partial charge in [0.05, 0.1) is 0 Å². The summed E-state index contributed by atoms with van der Waals surface area (Å²) in [4.78, 5) is 7.18. The topological polar surface area (TPSA) is 42.2 Å². The molecule has 0 saturated carbocycles. The largest absolute Gasteiger partial charge is 0.356 e. The molecule has 0 unspecified atom stereocenters. The third-order valence-electron chi connectivity index (χ3n) is 4.27. The molecular weight excluding hydrogens is 234 g/mol. The first kappa shape index (κ1) is 14.3. The fraction of sp³-hybridized carbons (Fsp3) is 0.688. The van der Waals surface area contributed by atoms with Crippen LogP contribution in [0.15, 0.2) is 6.07 Å². The maximum atomic E-state index is 5.92. The molecule has 0 bridgehead atoms. The van der Waals surface area contributed by atoms with Gasteiger partial charge in [0.25, 0.3) is 0 Å². The number of piperidine rings is 1. The second-order valence-electron chi connectivity index (χ2n) is 5.81. The molecule has 2 rings (SSSR count). The van der Waals surface area contributed by atoms with Gasteiger partial charge in [-0.15, -0.1) is 0 Å². The van der Waals surface area contributed by atoms with Gasteiger partial charge in [-0.25, -0.2) is 4.98 Å². The SMILES string of the molecule is CCCC1CCN(c2nc(C)cc(C)c2CN)CC1. The van der Waals surface area contributed by atoms with E-state index in [1.54, 1.807) is 0 Å². The molecule has 0 atom stereocenters. The smallest absolute Gasteiger partial charge is 0.133 e. The van der Waals surface area contributed by atoms with Crippen molar-refractivity contribution >= 4 is 5.82 Å². The number of aromatic nitrogens is 1. The van der Waals surface area contributed by atoms with Gasteiger partial charge in [-0.05, 0) is 44.2 Å². The minimum absolute atomic E-state index is 0.587. The van der Waals surface area contributed by atoms with Crippen molar-refractivity contribution in [3.8, 4) is 0 Å². The number of aryl methyl sites for hydroxylation is 2. The van der Waals surface area contributed by atoms with E-state index in [1.807, 2.05) is 0 Å². The Morgan fingerprint density at radius 3 is 2.58 bits per heavy atom. The molecule has 1 aromatic heterocycles. The average molecular weight is 261 g/mol. The number of anilines is 1. The van der Waals surface area contributed by atoms with E-state index in [1.165, 1.54) is 36.8 Å². The van der Waals surface area contributed by atoms with Crippen molar-refractivity contribution in [2.45, 2.75) is 53.0 Å². The summed E-state index contributed by atoms with van der Waals surface area (Å²) >= 11 is 0. The van der Waals surface area contributed by atoms with Crippen molar-refractivity contribution in [1.82, 2.24) is 4.98 Å². The van der Waals surface area contributed by atoms with Crippen molar-refractivity contribution in [2.24, 2.45) is 11.7 Å². The Kier molecular flexibility index (Phi) is 4.81. The van der Waals surface area contributed by atoms with Gasteiger partial charge in [-0.1, -0.05) is 19.8 Å². The summed E-state index contributed by atoms with van der Waals surface area (Å²) in [7, 11) is 0. The molecule has 1 aliphatic rings. The van der Waals surface area contributed by atoms with Crippen LogP contribution in [0.3, 0.4) is 0 Å². The maximum Gasteiger partial charge on any atom is 0.133 e. The summed E-state index contributed by atoms with van der Waals surface area (Å²) in [6, 6.07) is 2.13. The van der Waals surface area contributed by atoms with Crippen molar-refractivity contribution < 1.29 is 0 Å². The Morgan fingerprint density at radius 1 is 1.32 bits per heavy atom. The molecule has 3 nitrogen and oxygen atoms in total. The predicted molar refractivity (Wildman–Crippen MR) is 81.4 cm³/mol. The van der Waals surface area contributed by atoms with E-state index in [2.05, 4.69) is 31.7 Å². The molecule has 0 radical (unpaired) electrons. The Hall–Kier alpha value is -1.09. The zero-order valence-electron chi connectivity index (χ0n) is 12.6. The Labute approximate surface area is 117 Å². The van der Waals surface area contributed by atoms with Crippen LogP contribution in [0.2, 0.25) is 0 Å². The molecule has 0 aliphatic carbocycles. The quantitative estimate of drug-likeness (QED) is 0.905. The van der Waals surface area contributed by atoms with Gasteiger partial charge >= 0.3 is 0 Å². The van der Waals surface area contributed by atoms with Crippen LogP contribution in [-0.4, -0.2) is 18.1 Å². The van der Waals surface area contributed by atoms with E-state index in [4.69, 9.17) is 10.7 Å². The zero-order valence-corrected chi connectivity index (χ0v) is 12.6. The molecule has 0 aromatic carbocycles. The van der Waals surface area contributed by atoms with Crippen LogP contribution < -0.4 is 10.6 Å². The van der Waals surface area contributed by atoms with Crippen molar-refractivity contribution in [1.29, 1.82) is 0 Å². The highest BCUT2D eigenvalue weighted by Gasteiger charge is 2.22. The number of nitrogens with zero attached hydrogens (tertiary/aromatic N) is 2. The van der Waals surface area contributed by atoms with Crippen LogP contribution in [0, 0.1) is 19.8 Å². The molecule has 0 spiro atoms. The summed E-state index contributed by atoms with van der Waals surface area (Å²) < 4.78 is 0. The first-order chi connectivity index (χ1) is 9.15. The van der Waals surface area contributed by atoms with Gasteiger partial charge in [0.1, 0.15) is 5.82 Å². The standard InChI is InChI=1S/C16H27N3/c1-4-5-14-6-8-19(9-7-14)16-15(11-17)12(2)10-13(3)18-16/h10,14H,4-9,11,17H2,1-3H3. The number of rotatable bonds is 4. The zero-order chi connectivity index (χ0) is 13.8. The lowest BCUT2D eigenvalue weighted by atomic mass is 9.92. The fourth-order valence-corrected chi connectivity index (χ4v) is 3.20. The van der Waals surface area contributed by atoms with Crippen molar-refractivity contribution in [3.05, 3.63) is 22.9 Å². The van der Waals surface area contributed by atoms with Crippen LogP contribution in [0.5, 0.6) is 0 Å². The lowest BCUT2D eigenvalue weighted by molar-refractivity contribution is 0.377. The molecule has 3 heteroatoms. The normalized spacial score (nSPS) is 16.9. The molecule has 2 heterocycles. The van der Waals surface area contributed by atoms with Crippen molar-refractivity contribution in [3.63, 3.8) is 0 Å². The van der Waals surface area contributed by atoms with Crippen LogP contribution in [0.25, 0.3) is 0 Å². The van der Waals surface area contributed by atoms with Gasteiger partial charge in [-0.2, -0.15) is 0 Å². The monoisotopic (exact) mass is 261 g/mol. The molecule has 19 heavy (non-hydrogen) atoms. The highest BCUT2D eigenvalue weighted by atomic mass is 15.2. The van der Waals surface area contributed by atoms with Crippen LogP contribution >= 0.6 is 0 Å². The second kappa shape index (κ2) is 6.38. The number of nitrogens with two attached hydrogens (primary N) is 1. The predicted octanol–water partition coefficient (Wildman–Crippen LogP) is 3.17. The molecule has 0 amide bonds. The van der Waals surface area contributed by atoms with E-state index in [-0.39, 0.29) is 0 Å². The lowest BCUT2D eigenvalue weighted by Crippen LogP contribution is -2.35. The Morgan fingerprint density at radius 2 is 2.00 bits per heavy atom. The van der Waals surface area contributed by atoms with Crippen LogP contribution in [0.1, 0.15) is 49.4 Å². The second-order valence-corrected chi connectivity index (χ2v) is 5.81. The first-order valence-corrected chi connectivity index (χ1v) is 7.57. The molecule has 1 aromatic rings. The van der Waals surface area contributed by atoms with E-state index < -0.39 is 0 Å². The molecule has 1 saturated heterocycles. The highest BCUT2D eigenvalue weighted by molar-refractivity contribution is 5.51. The molecule has 1 fully saturated rings. The average Bonchev–Trinajstić information content (AvgIpc) is 2.39. The van der Waals surface area contributed by atoms with E-state index >= 15 is 0 Å². The van der Waals surface area contributed by atoms with Crippen LogP contribution in [-0.2, 0) is 6.54 Å². The lowest BCUT2D eigenvalue weighted by Gasteiger charge is -2.34. The van der Waals surface area contributed by atoms with E-state index in [0.29, 0.717) is 6.54 Å². The fourth-order valence-electron chi connectivity index (χ4n) is 3.20. The summed E-state index contributed by atoms with van der Waals surface area (Å²) in [5.74, 6) is 2.04. The molecule has 1 aliphatic heterocycles. The minimum atomic E-state index is 0.587. The van der Waals surface area contributed by atoms with Gasteiger partial charge in [0.2, 0.25) is 0 Å². The minimum Gasteiger partial charge on any atom is -0.356 e.